The molecule has 0 atom stereocenters. The van der Waals surface area contributed by atoms with Gasteiger partial charge in [-0.2, -0.15) is 0 Å². The van der Waals surface area contributed by atoms with E-state index >= 15 is 0 Å². The molecule has 1 fully saturated rings. The summed E-state index contributed by atoms with van der Waals surface area (Å²) in [5.74, 6) is 0. The van der Waals surface area contributed by atoms with Gasteiger partial charge in [0, 0.05) is 23.8 Å². The molecule has 1 aliphatic heterocycles. The topological polar surface area (TPSA) is 38.5 Å². The number of anilines is 1. The fraction of sp³-hybridized carbons (Fsp3) is 0.538. The molecule has 1 aromatic rings. The van der Waals surface area contributed by atoms with E-state index in [4.69, 9.17) is 22.1 Å². The van der Waals surface area contributed by atoms with Gasteiger partial charge in [0.05, 0.1) is 18.8 Å². The normalized spacial score (nSPS) is 19.4. The number of halogens is 1. The van der Waals surface area contributed by atoms with Crippen molar-refractivity contribution in [1.82, 2.24) is 0 Å². The molecule has 0 amide bonds. The van der Waals surface area contributed by atoms with Gasteiger partial charge in [-0.1, -0.05) is 17.7 Å². The molecule has 0 unspecified atom stereocenters. The summed E-state index contributed by atoms with van der Waals surface area (Å²) in [6.45, 7) is 7.23. The standard InChI is InChI=1S/C13H19ClN2O/c1-13(2)9-17-6-5-16(13)11-4-3-10(8-15)12(14)7-11/h3-4,7H,5-6,8-9,15H2,1-2H3. The van der Waals surface area contributed by atoms with Crippen LogP contribution in [0.3, 0.4) is 0 Å². The van der Waals surface area contributed by atoms with E-state index in [0.29, 0.717) is 6.54 Å². The summed E-state index contributed by atoms with van der Waals surface area (Å²) in [6, 6.07) is 6.08. The van der Waals surface area contributed by atoms with Crippen LogP contribution in [0.4, 0.5) is 5.69 Å². The minimum atomic E-state index is 0.00576. The van der Waals surface area contributed by atoms with E-state index in [1.165, 1.54) is 0 Å². The van der Waals surface area contributed by atoms with E-state index in [0.717, 1.165) is 36.0 Å². The number of nitrogens with two attached hydrogens (primary N) is 1. The first-order valence-electron chi connectivity index (χ1n) is 5.88. The molecular weight excluding hydrogens is 236 g/mol. The first-order valence-corrected chi connectivity index (χ1v) is 6.26. The SMILES string of the molecule is CC1(C)COCCN1c1ccc(CN)c(Cl)c1. The summed E-state index contributed by atoms with van der Waals surface area (Å²) in [5.41, 5.74) is 7.75. The van der Waals surface area contributed by atoms with Gasteiger partial charge in [-0.3, -0.25) is 0 Å². The second kappa shape index (κ2) is 4.84. The predicted molar refractivity (Wildman–Crippen MR) is 71.6 cm³/mol. The van der Waals surface area contributed by atoms with E-state index in [1.54, 1.807) is 0 Å². The van der Waals surface area contributed by atoms with Crippen LogP contribution in [-0.2, 0) is 11.3 Å². The van der Waals surface area contributed by atoms with Crippen LogP contribution in [0.1, 0.15) is 19.4 Å². The number of ether oxygens (including phenoxy) is 1. The lowest BCUT2D eigenvalue weighted by Gasteiger charge is -2.44. The summed E-state index contributed by atoms with van der Waals surface area (Å²) < 4.78 is 5.52. The van der Waals surface area contributed by atoms with Crippen LogP contribution in [-0.4, -0.2) is 25.3 Å². The third-order valence-corrected chi connectivity index (χ3v) is 3.57. The molecule has 1 heterocycles. The van der Waals surface area contributed by atoms with Gasteiger partial charge < -0.3 is 15.4 Å². The number of nitrogens with zero attached hydrogens (tertiary/aromatic N) is 1. The van der Waals surface area contributed by atoms with E-state index < -0.39 is 0 Å². The fourth-order valence-corrected chi connectivity index (χ4v) is 2.46. The maximum atomic E-state index is 6.20. The Balaban J connectivity index is 2.30. The highest BCUT2D eigenvalue weighted by Gasteiger charge is 2.30. The number of benzene rings is 1. The van der Waals surface area contributed by atoms with Crippen molar-refractivity contribution >= 4 is 17.3 Å². The maximum Gasteiger partial charge on any atom is 0.0694 e. The number of morpholine rings is 1. The second-order valence-electron chi connectivity index (χ2n) is 5.00. The Hall–Kier alpha value is -0.770. The first kappa shape index (κ1) is 12.7. The number of rotatable bonds is 2. The van der Waals surface area contributed by atoms with Gasteiger partial charge in [-0.25, -0.2) is 0 Å². The lowest BCUT2D eigenvalue weighted by atomic mass is 10.0. The average molecular weight is 255 g/mol. The van der Waals surface area contributed by atoms with Crippen molar-refractivity contribution in [3.63, 3.8) is 0 Å². The third-order valence-electron chi connectivity index (χ3n) is 3.21. The van der Waals surface area contributed by atoms with Crippen molar-refractivity contribution in [3.05, 3.63) is 28.8 Å². The third kappa shape index (κ3) is 2.57. The Kier molecular flexibility index (Phi) is 3.61. The molecule has 0 aliphatic carbocycles. The molecule has 0 saturated carbocycles. The van der Waals surface area contributed by atoms with E-state index in [1.807, 2.05) is 12.1 Å². The Morgan fingerprint density at radius 1 is 1.47 bits per heavy atom. The summed E-state index contributed by atoms with van der Waals surface area (Å²) >= 11 is 6.20. The van der Waals surface area contributed by atoms with Crippen molar-refractivity contribution in [2.45, 2.75) is 25.9 Å². The van der Waals surface area contributed by atoms with Crippen molar-refractivity contribution in [2.75, 3.05) is 24.7 Å². The molecule has 0 spiro atoms. The van der Waals surface area contributed by atoms with Crippen LogP contribution in [0.15, 0.2) is 18.2 Å². The Labute approximate surface area is 107 Å². The van der Waals surface area contributed by atoms with Crippen LogP contribution < -0.4 is 10.6 Å². The van der Waals surface area contributed by atoms with Gasteiger partial charge in [0.25, 0.3) is 0 Å². The zero-order chi connectivity index (χ0) is 12.5. The predicted octanol–water partition coefficient (Wildman–Crippen LogP) is 2.41. The molecule has 4 heteroatoms. The van der Waals surface area contributed by atoms with Crippen LogP contribution in [0.25, 0.3) is 0 Å². The van der Waals surface area contributed by atoms with Gasteiger partial charge >= 0.3 is 0 Å². The molecule has 3 nitrogen and oxygen atoms in total. The lowest BCUT2D eigenvalue weighted by molar-refractivity contribution is 0.0644. The van der Waals surface area contributed by atoms with Crippen LogP contribution in [0.2, 0.25) is 5.02 Å². The van der Waals surface area contributed by atoms with Crippen molar-refractivity contribution in [1.29, 1.82) is 0 Å². The lowest BCUT2D eigenvalue weighted by Crippen LogP contribution is -2.53. The smallest absolute Gasteiger partial charge is 0.0694 e. The molecule has 17 heavy (non-hydrogen) atoms. The van der Waals surface area contributed by atoms with E-state index in [-0.39, 0.29) is 5.54 Å². The van der Waals surface area contributed by atoms with Gasteiger partial charge in [0.2, 0.25) is 0 Å². The van der Waals surface area contributed by atoms with Crippen LogP contribution in [0, 0.1) is 0 Å². The van der Waals surface area contributed by atoms with E-state index in [9.17, 15) is 0 Å². The van der Waals surface area contributed by atoms with E-state index in [2.05, 4.69) is 24.8 Å². The molecule has 1 saturated heterocycles. The molecule has 0 aromatic heterocycles. The highest BCUT2D eigenvalue weighted by Crippen LogP contribution is 2.30. The molecule has 0 bridgehead atoms. The Morgan fingerprint density at radius 3 is 2.82 bits per heavy atom. The first-order chi connectivity index (χ1) is 8.04. The molecule has 2 N–H and O–H groups in total. The number of hydrogen-bond acceptors (Lipinski definition) is 3. The minimum Gasteiger partial charge on any atom is -0.377 e. The molecule has 0 radical (unpaired) electrons. The molecule has 94 valence electrons. The summed E-state index contributed by atoms with van der Waals surface area (Å²) in [7, 11) is 0. The van der Waals surface area contributed by atoms with Gasteiger partial charge in [0.1, 0.15) is 0 Å². The monoisotopic (exact) mass is 254 g/mol. The Bertz CT molecular complexity index is 406. The van der Waals surface area contributed by atoms with Crippen molar-refractivity contribution in [2.24, 2.45) is 5.73 Å². The molecule has 1 aromatic carbocycles. The van der Waals surface area contributed by atoms with Crippen LogP contribution >= 0.6 is 11.6 Å². The zero-order valence-corrected chi connectivity index (χ0v) is 11.1. The number of hydrogen-bond donors (Lipinski definition) is 1. The minimum absolute atomic E-state index is 0.00576. The highest BCUT2D eigenvalue weighted by molar-refractivity contribution is 6.31. The van der Waals surface area contributed by atoms with Gasteiger partial charge in [0.15, 0.2) is 0 Å². The van der Waals surface area contributed by atoms with Crippen molar-refractivity contribution in [3.8, 4) is 0 Å². The quantitative estimate of drug-likeness (QED) is 0.881. The molecule has 1 aliphatic rings. The zero-order valence-electron chi connectivity index (χ0n) is 10.4. The summed E-state index contributed by atoms with van der Waals surface area (Å²) in [6.07, 6.45) is 0. The van der Waals surface area contributed by atoms with Crippen LogP contribution in [0.5, 0.6) is 0 Å². The second-order valence-corrected chi connectivity index (χ2v) is 5.40. The summed E-state index contributed by atoms with van der Waals surface area (Å²) in [5, 5.41) is 0.743. The molecule has 2 rings (SSSR count). The van der Waals surface area contributed by atoms with Crippen molar-refractivity contribution < 1.29 is 4.74 Å². The average Bonchev–Trinajstić information content (AvgIpc) is 2.28. The fourth-order valence-electron chi connectivity index (χ4n) is 2.21. The molecular formula is C13H19ClN2O. The maximum absolute atomic E-state index is 6.20. The summed E-state index contributed by atoms with van der Waals surface area (Å²) in [4.78, 5) is 2.34. The van der Waals surface area contributed by atoms with Gasteiger partial charge in [-0.15, -0.1) is 0 Å². The largest absolute Gasteiger partial charge is 0.377 e. The van der Waals surface area contributed by atoms with Gasteiger partial charge in [-0.05, 0) is 31.5 Å². The highest BCUT2D eigenvalue weighted by atomic mass is 35.5. The Morgan fingerprint density at radius 2 is 2.24 bits per heavy atom.